The van der Waals surface area contributed by atoms with Crippen LogP contribution in [0.25, 0.3) is 0 Å². The third-order valence-electron chi connectivity index (χ3n) is 3.13. The van der Waals surface area contributed by atoms with Gasteiger partial charge in [0.25, 0.3) is 0 Å². The largest absolute Gasteiger partial charge is 0.459 e. The first-order chi connectivity index (χ1) is 8.81. The summed E-state index contributed by atoms with van der Waals surface area (Å²) in [5.74, 6) is 1.36. The monoisotopic (exact) mass is 246 g/mol. The molecule has 1 atom stereocenters. The zero-order chi connectivity index (χ0) is 12.4. The number of ether oxygens (including phenoxy) is 3. The van der Waals surface area contributed by atoms with Crippen molar-refractivity contribution < 1.29 is 19.0 Å². The van der Waals surface area contributed by atoms with Crippen molar-refractivity contribution in [2.45, 2.75) is 25.4 Å². The molecule has 0 aromatic heterocycles. The first-order valence-corrected chi connectivity index (χ1v) is 6.07. The molecule has 3 rings (SSSR count). The maximum Gasteiger partial charge on any atom is 0.330 e. The normalized spacial score (nSPS) is 20.9. The van der Waals surface area contributed by atoms with E-state index in [0.29, 0.717) is 6.79 Å². The van der Waals surface area contributed by atoms with E-state index in [0.717, 1.165) is 30.8 Å². The van der Waals surface area contributed by atoms with E-state index in [-0.39, 0.29) is 12.1 Å². The Bertz CT molecular complexity index is 493. The number of hydrogen-bond acceptors (Lipinski definition) is 4. The average Bonchev–Trinajstić information content (AvgIpc) is 2.84. The average molecular weight is 246 g/mol. The van der Waals surface area contributed by atoms with Crippen LogP contribution in [0.3, 0.4) is 0 Å². The lowest BCUT2D eigenvalue weighted by Gasteiger charge is -2.18. The highest BCUT2D eigenvalue weighted by atomic mass is 16.7. The van der Waals surface area contributed by atoms with Crippen LogP contribution < -0.4 is 9.47 Å². The lowest BCUT2D eigenvalue weighted by molar-refractivity contribution is -0.144. The third kappa shape index (κ3) is 2.32. The van der Waals surface area contributed by atoms with Crippen molar-refractivity contribution in [3.05, 3.63) is 35.9 Å². The van der Waals surface area contributed by atoms with Crippen LogP contribution in [0, 0.1) is 0 Å². The minimum atomic E-state index is -0.239. The van der Waals surface area contributed by atoms with Crippen molar-refractivity contribution in [2.75, 3.05) is 6.79 Å². The molecule has 2 aliphatic rings. The molecule has 0 saturated heterocycles. The van der Waals surface area contributed by atoms with E-state index < -0.39 is 0 Å². The minimum Gasteiger partial charge on any atom is -0.459 e. The molecule has 2 heterocycles. The predicted octanol–water partition coefficient (Wildman–Crippen LogP) is 2.22. The fourth-order valence-electron chi connectivity index (χ4n) is 2.17. The Morgan fingerprint density at radius 3 is 3.00 bits per heavy atom. The summed E-state index contributed by atoms with van der Waals surface area (Å²) in [7, 11) is 0. The molecule has 0 bridgehead atoms. The van der Waals surface area contributed by atoms with Crippen LogP contribution >= 0.6 is 0 Å². The lowest BCUT2D eigenvalue weighted by atomic mass is 10.0. The molecule has 1 aromatic rings. The zero-order valence-electron chi connectivity index (χ0n) is 9.93. The van der Waals surface area contributed by atoms with Gasteiger partial charge >= 0.3 is 5.97 Å². The second kappa shape index (κ2) is 4.72. The Labute approximate surface area is 105 Å². The topological polar surface area (TPSA) is 44.8 Å². The van der Waals surface area contributed by atoms with Crippen LogP contribution in [-0.4, -0.2) is 18.9 Å². The summed E-state index contributed by atoms with van der Waals surface area (Å²) >= 11 is 0. The molecule has 0 N–H and O–H groups in total. The van der Waals surface area contributed by atoms with Crippen LogP contribution in [0.5, 0.6) is 11.5 Å². The van der Waals surface area contributed by atoms with Crippen molar-refractivity contribution >= 4 is 5.97 Å². The molecule has 0 aliphatic carbocycles. The van der Waals surface area contributed by atoms with Gasteiger partial charge in [-0.2, -0.15) is 0 Å². The van der Waals surface area contributed by atoms with Crippen molar-refractivity contribution in [1.29, 1.82) is 0 Å². The number of carbonyl (C=O) groups excluding carboxylic acids is 1. The smallest absolute Gasteiger partial charge is 0.330 e. The summed E-state index contributed by atoms with van der Waals surface area (Å²) in [6.45, 7) is 0.295. The number of hydrogen-bond donors (Lipinski definition) is 0. The molecule has 4 nitrogen and oxygen atoms in total. The standard InChI is InChI=1S/C14H14O4/c15-14-3-1-2-11(18-14)6-4-10-5-7-12-13(8-10)17-9-16-12/h1,3,5,7-8,11H,2,4,6,9H2. The van der Waals surface area contributed by atoms with E-state index in [1.165, 1.54) is 11.6 Å². The van der Waals surface area contributed by atoms with Crippen LogP contribution in [-0.2, 0) is 16.0 Å². The molecule has 94 valence electrons. The summed E-state index contributed by atoms with van der Waals surface area (Å²) in [5, 5.41) is 0. The van der Waals surface area contributed by atoms with Crippen molar-refractivity contribution in [3.8, 4) is 11.5 Å². The maximum absolute atomic E-state index is 11.1. The van der Waals surface area contributed by atoms with E-state index in [4.69, 9.17) is 14.2 Å². The molecule has 0 amide bonds. The first kappa shape index (κ1) is 11.1. The highest BCUT2D eigenvalue weighted by Gasteiger charge is 2.17. The Morgan fingerprint density at radius 2 is 2.11 bits per heavy atom. The van der Waals surface area contributed by atoms with Gasteiger partial charge in [-0.3, -0.25) is 0 Å². The quantitative estimate of drug-likeness (QED) is 0.767. The van der Waals surface area contributed by atoms with E-state index >= 15 is 0 Å². The van der Waals surface area contributed by atoms with Crippen LogP contribution in [0.1, 0.15) is 18.4 Å². The lowest BCUT2D eigenvalue weighted by Crippen LogP contribution is -2.20. The SMILES string of the molecule is O=C1C=CCC(CCc2ccc3c(c2)OCO3)O1. The molecular formula is C14H14O4. The van der Waals surface area contributed by atoms with Gasteiger partial charge in [0.1, 0.15) is 6.10 Å². The Kier molecular flexibility index (Phi) is 2.92. The van der Waals surface area contributed by atoms with Gasteiger partial charge in [0, 0.05) is 12.5 Å². The second-order valence-corrected chi connectivity index (χ2v) is 4.42. The van der Waals surface area contributed by atoms with E-state index in [1.54, 1.807) is 0 Å². The summed E-state index contributed by atoms with van der Waals surface area (Å²) in [5.41, 5.74) is 1.17. The summed E-state index contributed by atoms with van der Waals surface area (Å²) in [6, 6.07) is 5.93. The molecule has 0 radical (unpaired) electrons. The van der Waals surface area contributed by atoms with Crippen LogP contribution in [0.4, 0.5) is 0 Å². The highest BCUT2D eigenvalue weighted by molar-refractivity contribution is 5.82. The number of fused-ring (bicyclic) bond motifs is 1. The third-order valence-corrected chi connectivity index (χ3v) is 3.13. The van der Waals surface area contributed by atoms with Gasteiger partial charge in [-0.05, 0) is 30.5 Å². The van der Waals surface area contributed by atoms with E-state index in [2.05, 4.69) is 0 Å². The van der Waals surface area contributed by atoms with Gasteiger partial charge in [-0.15, -0.1) is 0 Å². The number of rotatable bonds is 3. The maximum atomic E-state index is 11.1. The molecule has 0 spiro atoms. The van der Waals surface area contributed by atoms with Gasteiger partial charge in [-0.1, -0.05) is 12.1 Å². The van der Waals surface area contributed by atoms with Gasteiger partial charge in [0.2, 0.25) is 6.79 Å². The molecule has 4 heteroatoms. The predicted molar refractivity (Wildman–Crippen MR) is 64.5 cm³/mol. The number of carbonyl (C=O) groups is 1. The van der Waals surface area contributed by atoms with Gasteiger partial charge in [-0.25, -0.2) is 4.79 Å². The van der Waals surface area contributed by atoms with Crippen LogP contribution in [0.15, 0.2) is 30.4 Å². The summed E-state index contributed by atoms with van der Waals surface area (Å²) in [4.78, 5) is 11.1. The fourth-order valence-corrected chi connectivity index (χ4v) is 2.17. The van der Waals surface area contributed by atoms with Crippen LogP contribution in [0.2, 0.25) is 0 Å². The van der Waals surface area contributed by atoms with Gasteiger partial charge < -0.3 is 14.2 Å². The molecule has 0 saturated carbocycles. The fraction of sp³-hybridized carbons (Fsp3) is 0.357. The minimum absolute atomic E-state index is 0.00655. The Hall–Kier alpha value is -1.97. The second-order valence-electron chi connectivity index (χ2n) is 4.42. The molecular weight excluding hydrogens is 232 g/mol. The Balaban J connectivity index is 1.60. The van der Waals surface area contributed by atoms with Crippen molar-refractivity contribution in [2.24, 2.45) is 0 Å². The number of benzene rings is 1. The number of esters is 1. The molecule has 0 fully saturated rings. The first-order valence-electron chi connectivity index (χ1n) is 6.07. The number of cyclic esters (lactones) is 1. The summed E-state index contributed by atoms with van der Waals surface area (Å²) < 4.78 is 15.8. The zero-order valence-corrected chi connectivity index (χ0v) is 9.93. The number of aryl methyl sites for hydroxylation is 1. The molecule has 1 unspecified atom stereocenters. The Morgan fingerprint density at radius 1 is 1.22 bits per heavy atom. The van der Waals surface area contributed by atoms with E-state index in [9.17, 15) is 4.79 Å². The van der Waals surface area contributed by atoms with Crippen molar-refractivity contribution in [3.63, 3.8) is 0 Å². The van der Waals surface area contributed by atoms with Gasteiger partial charge in [0.15, 0.2) is 11.5 Å². The van der Waals surface area contributed by atoms with E-state index in [1.807, 2.05) is 24.3 Å². The van der Waals surface area contributed by atoms with Gasteiger partial charge in [0.05, 0.1) is 0 Å². The molecule has 1 aromatic carbocycles. The van der Waals surface area contributed by atoms with Crippen molar-refractivity contribution in [1.82, 2.24) is 0 Å². The molecule has 2 aliphatic heterocycles. The summed E-state index contributed by atoms with van der Waals surface area (Å²) in [6.07, 6.45) is 5.84. The highest BCUT2D eigenvalue weighted by Crippen LogP contribution is 2.33. The molecule has 18 heavy (non-hydrogen) atoms.